The Morgan fingerprint density at radius 1 is 0.750 bits per heavy atom. The topological polar surface area (TPSA) is 102 Å². The van der Waals surface area contributed by atoms with E-state index in [0.717, 1.165) is 0 Å². The van der Waals surface area contributed by atoms with Gasteiger partial charge in [-0.25, -0.2) is 0 Å². The molecule has 0 saturated heterocycles. The Hall–Kier alpha value is -3.42. The third kappa shape index (κ3) is 6.08. The van der Waals surface area contributed by atoms with Crippen molar-refractivity contribution in [1.29, 1.82) is 0 Å². The van der Waals surface area contributed by atoms with Crippen LogP contribution in [-0.4, -0.2) is 49.1 Å². The molecule has 0 heterocycles. The molecule has 2 rings (SSSR count). The third-order valence-electron chi connectivity index (χ3n) is 3.46. The second-order valence-corrected chi connectivity index (χ2v) is 5.39. The fourth-order valence-corrected chi connectivity index (χ4v) is 2.20. The first-order valence-electron chi connectivity index (χ1n) is 8.87. The number of nitrogens with zero attached hydrogens (tertiary/aromatic N) is 2. The minimum Gasteiger partial charge on any atom is -0.504 e. The molecule has 0 aliphatic heterocycles. The normalized spacial score (nSPS) is 11.1. The molecular weight excluding hydrogens is 364 g/mol. The Morgan fingerprint density at radius 2 is 1.18 bits per heavy atom. The van der Waals surface area contributed by atoms with Gasteiger partial charge < -0.3 is 29.4 Å². The molecule has 0 bridgehead atoms. The Labute approximate surface area is 163 Å². The largest absolute Gasteiger partial charge is 0.504 e. The number of phenols is 2. The van der Waals surface area contributed by atoms with Crippen LogP contribution in [0.1, 0.15) is 25.0 Å². The van der Waals surface area contributed by atoms with Crippen molar-refractivity contribution in [2.24, 2.45) is 10.3 Å². The zero-order valence-corrected chi connectivity index (χ0v) is 15.9. The summed E-state index contributed by atoms with van der Waals surface area (Å²) in [5, 5.41) is 27.6. The predicted molar refractivity (Wildman–Crippen MR) is 106 cm³/mol. The second-order valence-electron chi connectivity index (χ2n) is 5.39. The maximum absolute atomic E-state index is 10.0. The summed E-state index contributed by atoms with van der Waals surface area (Å²) in [5.74, 6) is 0.792. The fourth-order valence-electron chi connectivity index (χ4n) is 2.20. The zero-order valence-electron chi connectivity index (χ0n) is 15.9. The highest BCUT2D eigenvalue weighted by molar-refractivity contribution is 5.85. The number of rotatable bonds is 11. The van der Waals surface area contributed by atoms with E-state index in [9.17, 15) is 10.2 Å². The van der Waals surface area contributed by atoms with Crippen molar-refractivity contribution >= 4 is 12.4 Å². The van der Waals surface area contributed by atoms with Crippen LogP contribution in [0.15, 0.2) is 46.7 Å². The monoisotopic (exact) mass is 388 g/mol. The van der Waals surface area contributed by atoms with Gasteiger partial charge in [-0.05, 0) is 38.1 Å². The molecule has 2 aromatic carbocycles. The number of hydrogen-bond acceptors (Lipinski definition) is 8. The Kier molecular flexibility index (Phi) is 8.45. The van der Waals surface area contributed by atoms with E-state index in [1.807, 2.05) is 13.8 Å². The van der Waals surface area contributed by atoms with Gasteiger partial charge in [-0.3, -0.25) is 0 Å². The molecule has 8 heteroatoms. The van der Waals surface area contributed by atoms with E-state index < -0.39 is 0 Å². The lowest BCUT2D eigenvalue weighted by Crippen LogP contribution is -1.99. The molecule has 0 aliphatic carbocycles. The number of hydrogen-bond donors (Lipinski definition) is 2. The van der Waals surface area contributed by atoms with Gasteiger partial charge in [0.1, 0.15) is 0 Å². The fraction of sp³-hybridized carbons (Fsp3) is 0.300. The van der Waals surface area contributed by atoms with E-state index in [1.165, 1.54) is 12.4 Å². The molecule has 28 heavy (non-hydrogen) atoms. The van der Waals surface area contributed by atoms with E-state index in [-0.39, 0.29) is 24.7 Å². The Bertz CT molecular complexity index is 740. The molecule has 0 spiro atoms. The average Bonchev–Trinajstić information content (AvgIpc) is 2.69. The maximum Gasteiger partial charge on any atom is 0.166 e. The molecule has 0 aliphatic rings. The molecule has 0 amide bonds. The molecular formula is C20H24N2O6. The van der Waals surface area contributed by atoms with Crippen LogP contribution in [0.25, 0.3) is 0 Å². The molecule has 0 radical (unpaired) electrons. The van der Waals surface area contributed by atoms with Gasteiger partial charge in [0.05, 0.1) is 25.6 Å². The summed E-state index contributed by atoms with van der Waals surface area (Å²) in [7, 11) is 0. The summed E-state index contributed by atoms with van der Waals surface area (Å²) in [5.41, 5.74) is 0.962. The van der Waals surface area contributed by atoms with Crippen LogP contribution in [0, 0.1) is 0 Å². The molecule has 0 saturated carbocycles. The minimum absolute atomic E-state index is 0.00615. The number of phenolic OH excluding ortho intramolecular Hbond substituents is 2. The third-order valence-corrected chi connectivity index (χ3v) is 3.46. The first-order chi connectivity index (χ1) is 13.7. The van der Waals surface area contributed by atoms with E-state index >= 15 is 0 Å². The maximum atomic E-state index is 10.0. The van der Waals surface area contributed by atoms with Gasteiger partial charge in [-0.2, -0.15) is 0 Å². The minimum atomic E-state index is 0.00615. The van der Waals surface area contributed by atoms with E-state index in [2.05, 4.69) is 10.3 Å². The molecule has 0 fully saturated rings. The van der Waals surface area contributed by atoms with Gasteiger partial charge in [0, 0.05) is 11.1 Å². The van der Waals surface area contributed by atoms with Crippen LogP contribution in [-0.2, 0) is 9.68 Å². The van der Waals surface area contributed by atoms with Gasteiger partial charge in [-0.1, -0.05) is 22.4 Å². The lowest BCUT2D eigenvalue weighted by atomic mass is 10.2. The lowest BCUT2D eigenvalue weighted by Gasteiger charge is -2.07. The van der Waals surface area contributed by atoms with Gasteiger partial charge >= 0.3 is 0 Å². The highest BCUT2D eigenvalue weighted by atomic mass is 16.7. The summed E-state index contributed by atoms with van der Waals surface area (Å²) >= 11 is 0. The molecule has 0 aromatic heterocycles. The van der Waals surface area contributed by atoms with Gasteiger partial charge in [0.25, 0.3) is 0 Å². The predicted octanol–water partition coefficient (Wildman–Crippen LogP) is 3.30. The molecule has 0 unspecified atom stereocenters. The number of benzene rings is 2. The average molecular weight is 388 g/mol. The number of para-hydroxylation sites is 2. The second kappa shape index (κ2) is 11.3. The van der Waals surface area contributed by atoms with Crippen molar-refractivity contribution in [1.82, 2.24) is 0 Å². The van der Waals surface area contributed by atoms with Crippen molar-refractivity contribution < 1.29 is 29.4 Å². The Morgan fingerprint density at radius 3 is 1.57 bits per heavy atom. The van der Waals surface area contributed by atoms with Crippen molar-refractivity contribution in [3.05, 3.63) is 47.5 Å². The number of oxime groups is 2. The van der Waals surface area contributed by atoms with Crippen LogP contribution < -0.4 is 9.47 Å². The van der Waals surface area contributed by atoms with Crippen LogP contribution in [0.3, 0.4) is 0 Å². The summed E-state index contributed by atoms with van der Waals surface area (Å²) in [4.78, 5) is 10.1. The molecule has 0 atom stereocenters. The van der Waals surface area contributed by atoms with Crippen molar-refractivity contribution in [3.8, 4) is 23.0 Å². The first kappa shape index (κ1) is 20.9. The standard InChI is InChI=1S/C20H24N2O6/c1-3-25-17-9-5-7-15(19(17)23)13-21-27-11-12-28-22-14-16-8-6-10-18(20(16)24)26-4-2/h5-10,13-14,23-24H,3-4,11-12H2,1-2H3/b21-13+,22-14+. The van der Waals surface area contributed by atoms with Gasteiger partial charge in [0.2, 0.25) is 0 Å². The zero-order chi connectivity index (χ0) is 20.2. The Balaban J connectivity index is 1.75. The van der Waals surface area contributed by atoms with Crippen molar-refractivity contribution in [3.63, 3.8) is 0 Å². The van der Waals surface area contributed by atoms with Crippen LogP contribution in [0.4, 0.5) is 0 Å². The van der Waals surface area contributed by atoms with Gasteiger partial charge in [0.15, 0.2) is 36.2 Å². The highest BCUT2D eigenvalue weighted by Gasteiger charge is 2.06. The molecule has 150 valence electrons. The highest BCUT2D eigenvalue weighted by Crippen LogP contribution is 2.29. The number of ether oxygens (including phenoxy) is 2. The lowest BCUT2D eigenvalue weighted by molar-refractivity contribution is 0.0553. The summed E-state index contributed by atoms with van der Waals surface area (Å²) < 4.78 is 10.6. The summed E-state index contributed by atoms with van der Waals surface area (Å²) in [6, 6.07) is 10.2. The van der Waals surface area contributed by atoms with E-state index in [4.69, 9.17) is 19.1 Å². The van der Waals surface area contributed by atoms with Crippen molar-refractivity contribution in [2.75, 3.05) is 26.4 Å². The molecule has 2 aromatic rings. The smallest absolute Gasteiger partial charge is 0.166 e. The molecule has 2 N–H and O–H groups in total. The number of aromatic hydroxyl groups is 2. The first-order valence-corrected chi connectivity index (χ1v) is 8.87. The summed E-state index contributed by atoms with van der Waals surface area (Å²) in [6.07, 6.45) is 2.77. The van der Waals surface area contributed by atoms with E-state index in [0.29, 0.717) is 35.8 Å². The van der Waals surface area contributed by atoms with Crippen LogP contribution in [0.2, 0.25) is 0 Å². The van der Waals surface area contributed by atoms with E-state index in [1.54, 1.807) is 36.4 Å². The summed E-state index contributed by atoms with van der Waals surface area (Å²) in [6.45, 7) is 4.90. The van der Waals surface area contributed by atoms with Gasteiger partial charge in [-0.15, -0.1) is 0 Å². The van der Waals surface area contributed by atoms with Crippen molar-refractivity contribution in [2.45, 2.75) is 13.8 Å². The van der Waals surface area contributed by atoms with Crippen LogP contribution >= 0.6 is 0 Å². The quantitative estimate of drug-likeness (QED) is 0.348. The SMILES string of the molecule is CCOc1cccc(/C=N/OCCO/N=C/c2cccc(OCC)c2O)c1O. The van der Waals surface area contributed by atoms with Crippen LogP contribution in [0.5, 0.6) is 23.0 Å². The molecule has 8 nitrogen and oxygen atoms in total.